The maximum absolute atomic E-state index is 10.6. The van der Waals surface area contributed by atoms with E-state index in [1.54, 1.807) is 0 Å². The fraction of sp³-hybridized carbons (Fsp3) is 1.00. The topological polar surface area (TPSA) is 23.5 Å². The molecule has 0 amide bonds. The summed E-state index contributed by atoms with van der Waals surface area (Å²) in [5.74, 6) is 0. The maximum atomic E-state index is 10.6. The molecule has 1 aliphatic rings. The van der Waals surface area contributed by atoms with E-state index in [1.165, 1.54) is 25.7 Å². The van der Waals surface area contributed by atoms with Crippen molar-refractivity contribution in [3.63, 3.8) is 0 Å². The number of hydrogen-bond donors (Lipinski definition) is 1. The zero-order chi connectivity index (χ0) is 13.8. The molecule has 18 heavy (non-hydrogen) atoms. The van der Waals surface area contributed by atoms with E-state index in [9.17, 15) is 5.11 Å². The van der Waals surface area contributed by atoms with Gasteiger partial charge in [0.05, 0.1) is 6.10 Å². The molecule has 0 aromatic carbocycles. The highest BCUT2D eigenvalue weighted by atomic mass is 16.3. The van der Waals surface area contributed by atoms with Crippen molar-refractivity contribution in [2.45, 2.75) is 91.3 Å². The number of aliphatic hydroxyl groups excluding tert-OH is 1. The fourth-order valence-electron chi connectivity index (χ4n) is 3.29. The van der Waals surface area contributed by atoms with Crippen LogP contribution in [0.2, 0.25) is 0 Å². The first-order valence-corrected chi connectivity index (χ1v) is 7.84. The molecule has 0 spiro atoms. The molecule has 1 N–H and O–H groups in total. The molecular weight excluding hydrogens is 222 g/mol. The van der Waals surface area contributed by atoms with Gasteiger partial charge in [-0.05, 0) is 45.1 Å². The first kappa shape index (κ1) is 16.0. The Kier molecular flexibility index (Phi) is 6.13. The van der Waals surface area contributed by atoms with E-state index in [-0.39, 0.29) is 11.5 Å². The van der Waals surface area contributed by atoms with Crippen LogP contribution in [0.4, 0.5) is 0 Å². The van der Waals surface area contributed by atoms with Gasteiger partial charge < -0.3 is 5.11 Å². The number of aliphatic hydroxyl groups is 1. The normalized spacial score (nSPS) is 28.0. The first-order valence-electron chi connectivity index (χ1n) is 7.84. The van der Waals surface area contributed by atoms with Crippen molar-refractivity contribution in [1.29, 1.82) is 0 Å². The van der Waals surface area contributed by atoms with Gasteiger partial charge in [-0.25, -0.2) is 0 Å². The van der Waals surface area contributed by atoms with E-state index in [0.29, 0.717) is 12.1 Å². The van der Waals surface area contributed by atoms with Crippen LogP contribution in [0.15, 0.2) is 0 Å². The Morgan fingerprint density at radius 1 is 1.28 bits per heavy atom. The minimum atomic E-state index is -0.171. The summed E-state index contributed by atoms with van der Waals surface area (Å²) in [7, 11) is 0. The lowest BCUT2D eigenvalue weighted by molar-refractivity contribution is -0.0660. The summed E-state index contributed by atoms with van der Waals surface area (Å²) in [5, 5.41) is 10.6. The van der Waals surface area contributed by atoms with Crippen molar-refractivity contribution >= 4 is 0 Å². The highest BCUT2D eigenvalue weighted by molar-refractivity contribution is 4.94. The van der Waals surface area contributed by atoms with Gasteiger partial charge >= 0.3 is 0 Å². The molecule has 2 unspecified atom stereocenters. The third-order valence-corrected chi connectivity index (χ3v) is 4.60. The average Bonchev–Trinajstić information content (AvgIpc) is 2.29. The Morgan fingerprint density at radius 3 is 2.50 bits per heavy atom. The Balaban J connectivity index is 2.66. The molecule has 108 valence electrons. The summed E-state index contributed by atoms with van der Waals surface area (Å²) in [6, 6.07) is 0.904. The number of nitrogens with zero attached hydrogens (tertiary/aromatic N) is 1. The SMILES string of the molecule is CCCCCN(C(C)C)C1CCCC(C)(C)C1O. The van der Waals surface area contributed by atoms with E-state index in [4.69, 9.17) is 0 Å². The van der Waals surface area contributed by atoms with Gasteiger partial charge in [-0.3, -0.25) is 4.90 Å². The maximum Gasteiger partial charge on any atom is 0.0746 e. The van der Waals surface area contributed by atoms with Crippen LogP contribution in [0.1, 0.15) is 73.1 Å². The lowest BCUT2D eigenvalue weighted by Gasteiger charge is -2.47. The quantitative estimate of drug-likeness (QED) is 0.729. The summed E-state index contributed by atoms with van der Waals surface area (Å²) in [6.45, 7) is 12.4. The van der Waals surface area contributed by atoms with E-state index in [2.05, 4.69) is 39.5 Å². The molecule has 0 radical (unpaired) electrons. The number of rotatable bonds is 6. The fourth-order valence-corrected chi connectivity index (χ4v) is 3.29. The molecule has 0 aromatic heterocycles. The molecule has 1 saturated carbocycles. The predicted octanol–water partition coefficient (Wildman–Crippen LogP) is 3.83. The molecule has 2 heteroatoms. The molecule has 1 aliphatic carbocycles. The Bertz CT molecular complexity index is 237. The standard InChI is InChI=1S/C16H33NO/c1-6-7-8-12-17(13(2)3)14-10-9-11-16(4,5)15(14)18/h13-15,18H,6-12H2,1-5H3. The van der Waals surface area contributed by atoms with Gasteiger partial charge in [-0.2, -0.15) is 0 Å². The van der Waals surface area contributed by atoms with Gasteiger partial charge in [0, 0.05) is 12.1 Å². The Hall–Kier alpha value is -0.0800. The molecule has 0 bridgehead atoms. The second-order valence-electron chi connectivity index (χ2n) is 6.93. The Labute approximate surface area is 114 Å². The second kappa shape index (κ2) is 6.91. The first-order chi connectivity index (χ1) is 8.40. The van der Waals surface area contributed by atoms with Crippen molar-refractivity contribution in [3.8, 4) is 0 Å². The lowest BCUT2D eigenvalue weighted by Crippen LogP contribution is -2.54. The third-order valence-electron chi connectivity index (χ3n) is 4.60. The summed E-state index contributed by atoms with van der Waals surface area (Å²) < 4.78 is 0. The lowest BCUT2D eigenvalue weighted by atomic mass is 9.72. The molecule has 0 aliphatic heterocycles. The zero-order valence-electron chi connectivity index (χ0n) is 13.1. The van der Waals surface area contributed by atoms with Gasteiger partial charge in [0.1, 0.15) is 0 Å². The highest BCUT2D eigenvalue weighted by Crippen LogP contribution is 2.38. The van der Waals surface area contributed by atoms with Crippen molar-refractivity contribution in [2.24, 2.45) is 5.41 Å². The number of hydrogen-bond acceptors (Lipinski definition) is 2. The van der Waals surface area contributed by atoms with E-state index < -0.39 is 0 Å². The molecule has 0 aromatic rings. The van der Waals surface area contributed by atoms with Gasteiger partial charge in [0.2, 0.25) is 0 Å². The van der Waals surface area contributed by atoms with Gasteiger partial charge in [-0.15, -0.1) is 0 Å². The van der Waals surface area contributed by atoms with Crippen LogP contribution in [-0.2, 0) is 0 Å². The van der Waals surface area contributed by atoms with Gasteiger partial charge in [0.15, 0.2) is 0 Å². The molecule has 1 fully saturated rings. The molecule has 2 nitrogen and oxygen atoms in total. The third kappa shape index (κ3) is 3.96. The summed E-state index contributed by atoms with van der Waals surface area (Å²) in [5.41, 5.74) is 0.0841. The minimum absolute atomic E-state index is 0.0841. The smallest absolute Gasteiger partial charge is 0.0746 e. The monoisotopic (exact) mass is 255 g/mol. The Morgan fingerprint density at radius 2 is 1.94 bits per heavy atom. The molecular formula is C16H33NO. The van der Waals surface area contributed by atoms with Crippen LogP contribution in [-0.4, -0.2) is 34.7 Å². The van der Waals surface area contributed by atoms with E-state index in [0.717, 1.165) is 19.4 Å². The van der Waals surface area contributed by atoms with Crippen molar-refractivity contribution in [2.75, 3.05) is 6.54 Å². The molecule has 2 atom stereocenters. The molecule has 1 rings (SSSR count). The van der Waals surface area contributed by atoms with Crippen molar-refractivity contribution in [3.05, 3.63) is 0 Å². The largest absolute Gasteiger partial charge is 0.391 e. The van der Waals surface area contributed by atoms with Crippen LogP contribution in [0, 0.1) is 5.41 Å². The van der Waals surface area contributed by atoms with Crippen LogP contribution >= 0.6 is 0 Å². The van der Waals surface area contributed by atoms with E-state index in [1.807, 2.05) is 0 Å². The van der Waals surface area contributed by atoms with Crippen molar-refractivity contribution < 1.29 is 5.11 Å². The van der Waals surface area contributed by atoms with Crippen LogP contribution in [0.3, 0.4) is 0 Å². The van der Waals surface area contributed by atoms with Crippen LogP contribution in [0.25, 0.3) is 0 Å². The van der Waals surface area contributed by atoms with E-state index >= 15 is 0 Å². The number of unbranched alkanes of at least 4 members (excludes halogenated alkanes) is 2. The molecule has 0 saturated heterocycles. The summed E-state index contributed by atoms with van der Waals surface area (Å²) >= 11 is 0. The second-order valence-corrected chi connectivity index (χ2v) is 6.93. The van der Waals surface area contributed by atoms with Crippen LogP contribution in [0.5, 0.6) is 0 Å². The zero-order valence-corrected chi connectivity index (χ0v) is 13.1. The van der Waals surface area contributed by atoms with Gasteiger partial charge in [-0.1, -0.05) is 40.0 Å². The summed E-state index contributed by atoms with van der Waals surface area (Å²) in [4.78, 5) is 2.54. The summed E-state index contributed by atoms with van der Waals surface area (Å²) in [6.07, 6.45) is 7.24. The van der Waals surface area contributed by atoms with Gasteiger partial charge in [0.25, 0.3) is 0 Å². The average molecular weight is 255 g/mol. The predicted molar refractivity (Wildman–Crippen MR) is 78.8 cm³/mol. The van der Waals surface area contributed by atoms with Crippen LogP contribution < -0.4 is 0 Å². The van der Waals surface area contributed by atoms with Crippen molar-refractivity contribution in [1.82, 2.24) is 4.90 Å². The molecule has 0 heterocycles. The minimum Gasteiger partial charge on any atom is -0.391 e. The highest BCUT2D eigenvalue weighted by Gasteiger charge is 2.40.